The van der Waals surface area contributed by atoms with Crippen LogP contribution >= 0.6 is 0 Å². The van der Waals surface area contributed by atoms with E-state index in [0.717, 1.165) is 12.8 Å². The van der Waals surface area contributed by atoms with E-state index in [9.17, 15) is 9.18 Å². The largest absolute Gasteiger partial charge is 0.300 e. The molecule has 144 valence electrons. The van der Waals surface area contributed by atoms with E-state index in [1.54, 1.807) is 19.1 Å². The molecule has 0 aromatic heterocycles. The Hall–Kier alpha value is -2.03. The van der Waals surface area contributed by atoms with E-state index in [4.69, 9.17) is 0 Å². The molecule has 3 rings (SSSR count). The molecule has 1 fully saturated rings. The molecule has 1 nitrogen and oxygen atoms in total. The fourth-order valence-corrected chi connectivity index (χ4v) is 4.81. The molecular weight excluding hydrogens is 342 g/mol. The van der Waals surface area contributed by atoms with Gasteiger partial charge in [0.1, 0.15) is 17.4 Å². The van der Waals surface area contributed by atoms with Crippen molar-refractivity contribution in [1.29, 1.82) is 0 Å². The lowest BCUT2D eigenvalue weighted by molar-refractivity contribution is -0.122. The maximum absolute atomic E-state index is 15.3. The summed E-state index contributed by atoms with van der Waals surface area (Å²) in [7, 11) is 0. The van der Waals surface area contributed by atoms with Gasteiger partial charge in [-0.25, -0.2) is 8.78 Å². The fourth-order valence-electron chi connectivity index (χ4n) is 4.81. The maximum atomic E-state index is 15.3. The normalized spacial score (nSPS) is 27.7. The second-order valence-electron chi connectivity index (χ2n) is 8.38. The lowest BCUT2D eigenvalue weighted by Crippen LogP contribution is -2.25. The Bertz CT molecular complexity index is 830. The predicted molar refractivity (Wildman–Crippen MR) is 105 cm³/mol. The van der Waals surface area contributed by atoms with E-state index in [0.29, 0.717) is 17.5 Å². The van der Waals surface area contributed by atoms with E-state index in [-0.39, 0.29) is 40.3 Å². The first kappa shape index (κ1) is 19.7. The van der Waals surface area contributed by atoms with Gasteiger partial charge < -0.3 is 0 Å². The topological polar surface area (TPSA) is 17.1 Å². The van der Waals surface area contributed by atoms with Crippen LogP contribution in [-0.4, -0.2) is 5.78 Å². The highest BCUT2D eigenvalue weighted by Gasteiger charge is 2.48. The van der Waals surface area contributed by atoms with Gasteiger partial charge in [0.25, 0.3) is 0 Å². The van der Waals surface area contributed by atoms with E-state index in [1.165, 1.54) is 12.1 Å². The Kier molecular flexibility index (Phi) is 5.50. The zero-order valence-electron chi connectivity index (χ0n) is 16.6. The number of carbonyl (C=O) groups excluding carboxylic acids is 1. The van der Waals surface area contributed by atoms with Crippen molar-refractivity contribution in [2.24, 2.45) is 23.2 Å². The van der Waals surface area contributed by atoms with Gasteiger partial charge in [0, 0.05) is 11.5 Å². The van der Waals surface area contributed by atoms with Crippen LogP contribution in [0, 0.1) is 34.8 Å². The summed E-state index contributed by atoms with van der Waals surface area (Å²) in [4.78, 5) is 12.3. The first-order valence-electron chi connectivity index (χ1n) is 9.80. The molecule has 0 heterocycles. The van der Waals surface area contributed by atoms with Crippen LogP contribution in [0.1, 0.15) is 46.1 Å². The third-order valence-corrected chi connectivity index (χ3v) is 6.93. The van der Waals surface area contributed by atoms with Crippen molar-refractivity contribution in [3.8, 4) is 11.1 Å². The lowest BCUT2D eigenvalue weighted by Gasteiger charge is -2.30. The van der Waals surface area contributed by atoms with Gasteiger partial charge in [-0.2, -0.15) is 0 Å². The quantitative estimate of drug-likeness (QED) is 0.591. The molecule has 0 N–H and O–H groups in total. The summed E-state index contributed by atoms with van der Waals surface area (Å²) in [6.45, 7) is 8.15. The average molecular weight is 370 g/mol. The monoisotopic (exact) mass is 370 g/mol. The second-order valence-corrected chi connectivity index (χ2v) is 8.38. The summed E-state index contributed by atoms with van der Waals surface area (Å²) in [6.07, 6.45) is 2.20. The van der Waals surface area contributed by atoms with Gasteiger partial charge in [-0.1, -0.05) is 57.5 Å². The molecule has 27 heavy (non-hydrogen) atoms. The first-order valence-corrected chi connectivity index (χ1v) is 9.80. The zero-order chi connectivity index (χ0) is 19.8. The number of Topliss-reactive ketones (excluding diaryl/α,β-unsaturated/α-hetero) is 1. The minimum Gasteiger partial charge on any atom is -0.300 e. The Morgan fingerprint density at radius 1 is 1.19 bits per heavy atom. The summed E-state index contributed by atoms with van der Waals surface area (Å²) in [5.74, 6) is -0.431. The molecule has 0 radical (unpaired) electrons. The van der Waals surface area contributed by atoms with Crippen molar-refractivity contribution in [1.82, 2.24) is 0 Å². The van der Waals surface area contributed by atoms with Crippen molar-refractivity contribution >= 4 is 5.78 Å². The highest BCUT2D eigenvalue weighted by atomic mass is 19.1. The van der Waals surface area contributed by atoms with Crippen LogP contribution in [0.15, 0.2) is 42.5 Å². The highest BCUT2D eigenvalue weighted by Crippen LogP contribution is 2.53. The maximum Gasteiger partial charge on any atom is 0.134 e. The van der Waals surface area contributed by atoms with E-state index in [2.05, 4.69) is 20.8 Å². The Balaban J connectivity index is 2.00. The van der Waals surface area contributed by atoms with Crippen LogP contribution in [0.25, 0.3) is 11.1 Å². The van der Waals surface area contributed by atoms with Gasteiger partial charge in [-0.15, -0.1) is 0 Å². The van der Waals surface area contributed by atoms with Gasteiger partial charge in [0.05, 0.1) is 0 Å². The molecule has 0 spiro atoms. The first-order chi connectivity index (χ1) is 12.8. The number of hydrogen-bond donors (Lipinski definition) is 0. The third-order valence-electron chi connectivity index (χ3n) is 6.93. The molecule has 1 saturated carbocycles. The van der Waals surface area contributed by atoms with E-state index in [1.807, 2.05) is 18.2 Å². The van der Waals surface area contributed by atoms with Gasteiger partial charge in [-0.3, -0.25) is 4.79 Å². The van der Waals surface area contributed by atoms with Crippen molar-refractivity contribution in [2.75, 3.05) is 0 Å². The van der Waals surface area contributed by atoms with Gasteiger partial charge in [-0.05, 0) is 60.3 Å². The molecule has 4 atom stereocenters. The van der Waals surface area contributed by atoms with Crippen LogP contribution in [0.2, 0.25) is 0 Å². The van der Waals surface area contributed by atoms with Crippen molar-refractivity contribution in [3.05, 3.63) is 59.7 Å². The second kappa shape index (κ2) is 7.53. The van der Waals surface area contributed by atoms with Crippen LogP contribution in [0.5, 0.6) is 0 Å². The van der Waals surface area contributed by atoms with Gasteiger partial charge in [0.15, 0.2) is 0 Å². The highest BCUT2D eigenvalue weighted by molar-refractivity contribution is 5.79. The number of hydrogen-bond acceptors (Lipinski definition) is 1. The van der Waals surface area contributed by atoms with Crippen molar-refractivity contribution in [3.63, 3.8) is 0 Å². The number of rotatable bonds is 5. The number of carbonyl (C=O) groups is 1. The zero-order valence-corrected chi connectivity index (χ0v) is 16.6. The third kappa shape index (κ3) is 3.69. The Morgan fingerprint density at radius 3 is 2.44 bits per heavy atom. The molecule has 2 aromatic rings. The molecule has 0 bridgehead atoms. The van der Waals surface area contributed by atoms with Gasteiger partial charge in [0.2, 0.25) is 0 Å². The summed E-state index contributed by atoms with van der Waals surface area (Å²) in [5, 5.41) is 0. The summed E-state index contributed by atoms with van der Waals surface area (Å²) in [6, 6.07) is 11.6. The summed E-state index contributed by atoms with van der Waals surface area (Å²) < 4.78 is 29.6. The number of benzene rings is 2. The van der Waals surface area contributed by atoms with E-state index < -0.39 is 5.82 Å². The average Bonchev–Trinajstić information content (AvgIpc) is 2.91. The number of halogens is 2. The molecule has 1 aliphatic rings. The fraction of sp³-hybridized carbons (Fsp3) is 0.458. The molecule has 0 aliphatic heterocycles. The Morgan fingerprint density at radius 2 is 1.85 bits per heavy atom. The SMILES string of the molecule is CCC1(C)CC(C(C)=O)[C@@H](Cc2cc(F)cc(-c3ccccc3)c2F)[C@H]1C. The summed E-state index contributed by atoms with van der Waals surface area (Å²) in [5.41, 5.74) is 1.38. The van der Waals surface area contributed by atoms with Crippen molar-refractivity contribution in [2.45, 2.75) is 47.0 Å². The van der Waals surface area contributed by atoms with Crippen molar-refractivity contribution < 1.29 is 13.6 Å². The molecule has 0 saturated heterocycles. The minimum absolute atomic E-state index is 0.0346. The Labute approximate surface area is 160 Å². The lowest BCUT2D eigenvalue weighted by atomic mass is 9.75. The smallest absolute Gasteiger partial charge is 0.134 e. The van der Waals surface area contributed by atoms with E-state index >= 15 is 4.39 Å². The van der Waals surface area contributed by atoms with Crippen LogP contribution in [-0.2, 0) is 11.2 Å². The minimum atomic E-state index is -0.437. The molecular formula is C24H28F2O. The molecule has 3 heteroatoms. The molecule has 1 aliphatic carbocycles. The molecule has 0 amide bonds. The number of ketones is 1. The van der Waals surface area contributed by atoms with Crippen LogP contribution in [0.3, 0.4) is 0 Å². The van der Waals surface area contributed by atoms with Gasteiger partial charge >= 0.3 is 0 Å². The standard InChI is InChI=1S/C24H28F2O/c1-5-24(4)14-22(16(3)27)20(15(24)2)12-18-11-19(25)13-21(23(18)26)17-9-7-6-8-10-17/h6-11,13,15,20,22H,5,12,14H2,1-4H3/t15-,20+,22?,24?/m1/s1. The predicted octanol–water partition coefficient (Wildman–Crippen LogP) is 6.45. The van der Waals surface area contributed by atoms with Crippen LogP contribution in [0.4, 0.5) is 8.78 Å². The molecule has 2 unspecified atom stereocenters. The van der Waals surface area contributed by atoms with Crippen LogP contribution < -0.4 is 0 Å². The molecule has 2 aromatic carbocycles. The summed E-state index contributed by atoms with van der Waals surface area (Å²) >= 11 is 0.